The largest absolute Gasteiger partial charge is 0.493 e. The molecule has 0 unspecified atom stereocenters. The molecule has 1 N–H and O–H groups in total. The molecule has 146 valence electrons. The highest BCUT2D eigenvalue weighted by Crippen LogP contribution is 2.35. The Morgan fingerprint density at radius 2 is 1.96 bits per heavy atom. The summed E-state index contributed by atoms with van der Waals surface area (Å²) in [6.07, 6.45) is 1.85. The first-order valence-corrected chi connectivity index (χ1v) is 10.1. The molecule has 2 rings (SSSR count). The lowest BCUT2D eigenvalue weighted by Crippen LogP contribution is -2.34. The van der Waals surface area contributed by atoms with E-state index in [2.05, 4.69) is 5.32 Å². The molecule has 1 saturated heterocycles. The van der Waals surface area contributed by atoms with Crippen molar-refractivity contribution in [3.63, 3.8) is 0 Å². The highest BCUT2D eigenvalue weighted by Gasteiger charge is 2.25. The van der Waals surface area contributed by atoms with Gasteiger partial charge in [0.15, 0.2) is 11.5 Å². The molecule has 0 aliphatic carbocycles. The van der Waals surface area contributed by atoms with Crippen molar-refractivity contribution in [2.24, 2.45) is 0 Å². The lowest BCUT2D eigenvalue weighted by molar-refractivity contribution is 0.0858. The summed E-state index contributed by atoms with van der Waals surface area (Å²) in [6.45, 7) is 2.61. The van der Waals surface area contributed by atoms with Gasteiger partial charge in [-0.15, -0.1) is 0 Å². The molecule has 0 aromatic heterocycles. The third kappa shape index (κ3) is 4.39. The first-order chi connectivity index (χ1) is 12.3. The van der Waals surface area contributed by atoms with Crippen molar-refractivity contribution in [2.75, 3.05) is 44.5 Å². The molecule has 1 atom stereocenters. The molecule has 0 saturated carbocycles. The van der Waals surface area contributed by atoms with Crippen molar-refractivity contribution < 1.29 is 27.4 Å². The zero-order valence-corrected chi connectivity index (χ0v) is 16.4. The second kappa shape index (κ2) is 8.59. The maximum Gasteiger partial charge on any atom is 0.253 e. The third-order valence-electron chi connectivity index (χ3n) is 4.38. The van der Waals surface area contributed by atoms with Crippen molar-refractivity contribution in [3.05, 3.63) is 17.7 Å². The summed E-state index contributed by atoms with van der Waals surface area (Å²) < 4.78 is 41.7. The maximum absolute atomic E-state index is 12.7. The van der Waals surface area contributed by atoms with Gasteiger partial charge in [0.05, 0.1) is 37.3 Å². The van der Waals surface area contributed by atoms with Gasteiger partial charge >= 0.3 is 0 Å². The van der Waals surface area contributed by atoms with Crippen LogP contribution in [0.1, 0.15) is 30.1 Å². The summed E-state index contributed by atoms with van der Waals surface area (Å²) in [7, 11) is 0.771. The molecular weight excluding hydrogens is 360 g/mol. The Morgan fingerprint density at radius 3 is 2.50 bits per heavy atom. The molecule has 0 bridgehead atoms. The number of sulfonamides is 1. The molecule has 0 spiro atoms. The van der Waals surface area contributed by atoms with Gasteiger partial charge in [0.2, 0.25) is 10.0 Å². The number of methoxy groups -OCH3 is 2. The third-order valence-corrected chi connectivity index (χ3v) is 6.14. The van der Waals surface area contributed by atoms with E-state index in [1.54, 1.807) is 6.92 Å². The number of benzene rings is 1. The fourth-order valence-corrected chi connectivity index (χ4v) is 3.60. The highest BCUT2D eigenvalue weighted by molar-refractivity contribution is 7.92. The number of rotatable bonds is 8. The van der Waals surface area contributed by atoms with Crippen molar-refractivity contribution >= 4 is 21.6 Å². The van der Waals surface area contributed by atoms with Crippen LogP contribution in [0.25, 0.3) is 0 Å². The molecule has 9 heteroatoms. The van der Waals surface area contributed by atoms with Gasteiger partial charge < -0.3 is 19.5 Å². The first kappa shape index (κ1) is 20.3. The summed E-state index contributed by atoms with van der Waals surface area (Å²) >= 11 is 0. The van der Waals surface area contributed by atoms with E-state index in [-0.39, 0.29) is 23.1 Å². The van der Waals surface area contributed by atoms with Crippen LogP contribution in [-0.2, 0) is 14.8 Å². The number of anilines is 1. The standard InChI is InChI=1S/C17H26N2O6S/c1-5-26(21,22)19(2)14-10-16(24-4)15(23-3)9-13(14)17(20)18-11-12-7-6-8-25-12/h9-10,12H,5-8,11H2,1-4H3,(H,18,20)/t12-/m1/s1. The molecule has 1 fully saturated rings. The van der Waals surface area contributed by atoms with Gasteiger partial charge in [0, 0.05) is 26.3 Å². The molecule has 1 aliphatic rings. The van der Waals surface area contributed by atoms with Crippen LogP contribution in [0.2, 0.25) is 0 Å². The van der Waals surface area contributed by atoms with E-state index >= 15 is 0 Å². The summed E-state index contributed by atoms with van der Waals surface area (Å²) in [5.74, 6) is 0.209. The number of amides is 1. The molecule has 1 amide bonds. The first-order valence-electron chi connectivity index (χ1n) is 8.46. The number of nitrogens with zero attached hydrogens (tertiary/aromatic N) is 1. The Bertz CT molecular complexity index is 744. The quantitative estimate of drug-likeness (QED) is 0.726. The van der Waals surface area contributed by atoms with E-state index in [4.69, 9.17) is 14.2 Å². The van der Waals surface area contributed by atoms with E-state index in [0.29, 0.717) is 24.7 Å². The lowest BCUT2D eigenvalue weighted by Gasteiger charge is -2.23. The van der Waals surface area contributed by atoms with Crippen molar-refractivity contribution in [1.29, 1.82) is 0 Å². The topological polar surface area (TPSA) is 94.2 Å². The molecule has 26 heavy (non-hydrogen) atoms. The average molecular weight is 386 g/mol. The van der Waals surface area contributed by atoms with Crippen LogP contribution in [0, 0.1) is 0 Å². The Kier molecular flexibility index (Phi) is 6.71. The van der Waals surface area contributed by atoms with Crippen LogP contribution in [0.5, 0.6) is 11.5 Å². The number of carbonyl (C=O) groups is 1. The zero-order valence-electron chi connectivity index (χ0n) is 15.6. The van der Waals surface area contributed by atoms with E-state index in [9.17, 15) is 13.2 Å². The molecule has 1 aromatic rings. The second-order valence-corrected chi connectivity index (χ2v) is 8.23. The summed E-state index contributed by atoms with van der Waals surface area (Å²) in [6, 6.07) is 2.98. The monoisotopic (exact) mass is 386 g/mol. The van der Waals surface area contributed by atoms with Crippen molar-refractivity contribution in [3.8, 4) is 11.5 Å². The van der Waals surface area contributed by atoms with Gasteiger partial charge in [-0.25, -0.2) is 8.42 Å². The fraction of sp³-hybridized carbons (Fsp3) is 0.588. The number of carbonyl (C=O) groups excluding carboxylic acids is 1. The van der Waals surface area contributed by atoms with E-state index < -0.39 is 15.9 Å². The minimum atomic E-state index is -3.55. The lowest BCUT2D eigenvalue weighted by atomic mass is 10.1. The molecule has 0 radical (unpaired) electrons. The predicted octanol–water partition coefficient (Wildman–Crippen LogP) is 1.40. The number of hydrogen-bond donors (Lipinski definition) is 1. The number of hydrogen-bond acceptors (Lipinski definition) is 6. The van der Waals surface area contributed by atoms with Crippen molar-refractivity contribution in [2.45, 2.75) is 25.9 Å². The molecule has 1 heterocycles. The predicted molar refractivity (Wildman–Crippen MR) is 98.7 cm³/mol. The van der Waals surface area contributed by atoms with E-state index in [1.807, 2.05) is 0 Å². The van der Waals surface area contributed by atoms with Crippen LogP contribution >= 0.6 is 0 Å². The normalized spacial score (nSPS) is 17.0. The minimum absolute atomic E-state index is 0.0142. The maximum atomic E-state index is 12.7. The zero-order chi connectivity index (χ0) is 19.3. The van der Waals surface area contributed by atoms with Crippen LogP contribution in [0.4, 0.5) is 5.69 Å². The fourth-order valence-electron chi connectivity index (χ4n) is 2.76. The van der Waals surface area contributed by atoms with Gasteiger partial charge in [-0.3, -0.25) is 9.10 Å². The average Bonchev–Trinajstić information content (AvgIpc) is 3.17. The Morgan fingerprint density at radius 1 is 1.31 bits per heavy atom. The smallest absolute Gasteiger partial charge is 0.253 e. The molecule has 1 aromatic carbocycles. The molecule has 1 aliphatic heterocycles. The number of ether oxygens (including phenoxy) is 3. The Labute approximate surface area is 154 Å². The number of nitrogens with one attached hydrogen (secondary N) is 1. The van der Waals surface area contributed by atoms with Gasteiger partial charge in [-0.05, 0) is 25.8 Å². The SMILES string of the molecule is CCS(=O)(=O)N(C)c1cc(OC)c(OC)cc1C(=O)NC[C@H]1CCCO1. The van der Waals surface area contributed by atoms with E-state index in [1.165, 1.54) is 33.4 Å². The highest BCUT2D eigenvalue weighted by atomic mass is 32.2. The summed E-state index contributed by atoms with van der Waals surface area (Å²) in [5.41, 5.74) is 0.425. The Balaban J connectivity index is 2.38. The van der Waals surface area contributed by atoms with Gasteiger partial charge in [0.1, 0.15) is 0 Å². The second-order valence-electron chi connectivity index (χ2n) is 5.94. The van der Waals surface area contributed by atoms with Crippen molar-refractivity contribution in [1.82, 2.24) is 5.32 Å². The van der Waals surface area contributed by atoms with Crippen LogP contribution in [0.15, 0.2) is 12.1 Å². The molecular formula is C17H26N2O6S. The van der Waals surface area contributed by atoms with Crippen LogP contribution in [0.3, 0.4) is 0 Å². The minimum Gasteiger partial charge on any atom is -0.493 e. The Hall–Kier alpha value is -2.00. The van der Waals surface area contributed by atoms with Crippen LogP contribution in [-0.4, -0.2) is 60.6 Å². The van der Waals surface area contributed by atoms with Gasteiger partial charge in [-0.2, -0.15) is 0 Å². The molecule has 8 nitrogen and oxygen atoms in total. The van der Waals surface area contributed by atoms with Gasteiger partial charge in [-0.1, -0.05) is 0 Å². The van der Waals surface area contributed by atoms with E-state index in [0.717, 1.165) is 17.1 Å². The summed E-state index contributed by atoms with van der Waals surface area (Å²) in [4.78, 5) is 12.7. The van der Waals surface area contributed by atoms with Gasteiger partial charge in [0.25, 0.3) is 5.91 Å². The van der Waals surface area contributed by atoms with Crippen LogP contribution < -0.4 is 19.1 Å². The summed E-state index contributed by atoms with van der Waals surface area (Å²) in [5, 5.41) is 2.81.